The largest absolute Gasteiger partial charge is 0.467 e. The molecule has 0 unspecified atom stereocenters. The zero-order valence-electron chi connectivity index (χ0n) is 17.0. The predicted octanol–water partition coefficient (Wildman–Crippen LogP) is 0.0386. The molecule has 0 saturated heterocycles. The molecule has 0 bridgehead atoms. The molecule has 10 nitrogen and oxygen atoms in total. The SMILES string of the molecule is COC(=O)[C@H](CCCN=C(N)N)NC(=O)[C@@H](N)Cc1cnc(C2CCCCC2)[nH]1. The summed E-state index contributed by atoms with van der Waals surface area (Å²) in [5.41, 5.74) is 17.4. The molecule has 162 valence electrons. The highest BCUT2D eigenvalue weighted by atomic mass is 16.5. The van der Waals surface area contributed by atoms with Gasteiger partial charge in [0.2, 0.25) is 5.91 Å². The Labute approximate surface area is 171 Å². The van der Waals surface area contributed by atoms with E-state index in [4.69, 9.17) is 21.9 Å². The van der Waals surface area contributed by atoms with Crippen molar-refractivity contribution in [2.75, 3.05) is 13.7 Å². The number of guanidine groups is 1. The van der Waals surface area contributed by atoms with Crippen molar-refractivity contribution in [2.45, 2.75) is 69.4 Å². The Balaban J connectivity index is 1.87. The normalized spacial score (nSPS) is 16.6. The van der Waals surface area contributed by atoms with Crippen LogP contribution in [0.4, 0.5) is 0 Å². The number of aromatic nitrogens is 2. The van der Waals surface area contributed by atoms with E-state index in [1.54, 1.807) is 6.20 Å². The number of hydrogen-bond donors (Lipinski definition) is 5. The Hall–Kier alpha value is -2.62. The average molecular weight is 408 g/mol. The first kappa shape index (κ1) is 22.7. The van der Waals surface area contributed by atoms with Gasteiger partial charge in [0.1, 0.15) is 11.9 Å². The lowest BCUT2D eigenvalue weighted by molar-refractivity contribution is -0.145. The van der Waals surface area contributed by atoms with E-state index >= 15 is 0 Å². The topological polar surface area (TPSA) is 174 Å². The van der Waals surface area contributed by atoms with Gasteiger partial charge < -0.3 is 32.2 Å². The van der Waals surface area contributed by atoms with Crippen LogP contribution in [0, 0.1) is 0 Å². The van der Waals surface area contributed by atoms with Crippen LogP contribution >= 0.6 is 0 Å². The minimum absolute atomic E-state index is 0.0159. The van der Waals surface area contributed by atoms with E-state index in [1.807, 2.05) is 0 Å². The number of nitrogens with zero attached hydrogens (tertiary/aromatic N) is 2. The number of imidazole rings is 1. The smallest absolute Gasteiger partial charge is 0.328 e. The van der Waals surface area contributed by atoms with Gasteiger partial charge in [-0.15, -0.1) is 0 Å². The molecule has 0 radical (unpaired) electrons. The van der Waals surface area contributed by atoms with Crippen LogP contribution in [0.2, 0.25) is 0 Å². The number of carbonyl (C=O) groups excluding carboxylic acids is 2. The van der Waals surface area contributed by atoms with Crippen LogP contribution in [0.15, 0.2) is 11.2 Å². The number of carbonyl (C=O) groups is 2. The molecule has 1 fully saturated rings. The maximum atomic E-state index is 12.5. The number of aromatic amines is 1. The van der Waals surface area contributed by atoms with Crippen LogP contribution in [-0.2, 0) is 20.7 Å². The standard InChI is InChI=1S/C19H33N7O3/c1-29-18(28)15(8-5-9-23-19(21)22)26-17(27)14(20)10-13-11-24-16(25-13)12-6-3-2-4-7-12/h11-12,14-15H,2-10,20H2,1H3,(H,24,25)(H,26,27)(H4,21,22,23)/t14-,15-/m0/s1. The van der Waals surface area contributed by atoms with Gasteiger partial charge >= 0.3 is 5.97 Å². The summed E-state index contributed by atoms with van der Waals surface area (Å²) in [4.78, 5) is 36.1. The third kappa shape index (κ3) is 7.37. The van der Waals surface area contributed by atoms with Gasteiger partial charge in [0, 0.05) is 30.8 Å². The summed E-state index contributed by atoms with van der Waals surface area (Å²) in [5.74, 6) is 0.459. The predicted molar refractivity (Wildman–Crippen MR) is 110 cm³/mol. The monoisotopic (exact) mass is 407 g/mol. The molecule has 10 heteroatoms. The van der Waals surface area contributed by atoms with E-state index < -0.39 is 24.0 Å². The van der Waals surface area contributed by atoms with Crippen LogP contribution in [0.1, 0.15) is 62.4 Å². The van der Waals surface area contributed by atoms with E-state index in [-0.39, 0.29) is 5.96 Å². The Kier molecular flexibility index (Phi) is 8.91. The van der Waals surface area contributed by atoms with Crippen molar-refractivity contribution >= 4 is 17.8 Å². The minimum Gasteiger partial charge on any atom is -0.467 e. The number of methoxy groups -OCH3 is 1. The summed E-state index contributed by atoms with van der Waals surface area (Å²) in [6.45, 7) is 0.357. The summed E-state index contributed by atoms with van der Waals surface area (Å²) in [6.07, 6.45) is 8.91. The number of hydrogen-bond acceptors (Lipinski definition) is 6. The summed E-state index contributed by atoms with van der Waals surface area (Å²) in [5, 5.41) is 2.66. The van der Waals surface area contributed by atoms with Crippen LogP contribution in [-0.4, -0.2) is 53.5 Å². The Morgan fingerprint density at radius 1 is 1.34 bits per heavy atom. The lowest BCUT2D eigenvalue weighted by Gasteiger charge is -2.19. The van der Waals surface area contributed by atoms with E-state index in [0.717, 1.165) is 24.4 Å². The van der Waals surface area contributed by atoms with Gasteiger partial charge in [0.25, 0.3) is 0 Å². The van der Waals surface area contributed by atoms with Gasteiger partial charge in [0.15, 0.2) is 5.96 Å². The van der Waals surface area contributed by atoms with Gasteiger partial charge in [-0.1, -0.05) is 19.3 Å². The Morgan fingerprint density at radius 2 is 2.07 bits per heavy atom. The van der Waals surface area contributed by atoms with Crippen LogP contribution in [0.25, 0.3) is 0 Å². The van der Waals surface area contributed by atoms with E-state index in [9.17, 15) is 9.59 Å². The maximum absolute atomic E-state index is 12.5. The molecule has 1 aliphatic carbocycles. The quantitative estimate of drug-likeness (QED) is 0.157. The zero-order valence-corrected chi connectivity index (χ0v) is 17.0. The highest BCUT2D eigenvalue weighted by molar-refractivity contribution is 5.87. The van der Waals surface area contributed by atoms with E-state index in [0.29, 0.717) is 31.7 Å². The number of nitrogens with two attached hydrogens (primary N) is 3. The van der Waals surface area contributed by atoms with Crippen molar-refractivity contribution in [1.29, 1.82) is 0 Å². The third-order valence-electron chi connectivity index (χ3n) is 5.16. The molecule has 1 saturated carbocycles. The van der Waals surface area contributed by atoms with Crippen molar-refractivity contribution in [3.8, 4) is 0 Å². The van der Waals surface area contributed by atoms with Crippen molar-refractivity contribution in [3.05, 3.63) is 17.7 Å². The van der Waals surface area contributed by atoms with Crippen LogP contribution in [0.5, 0.6) is 0 Å². The van der Waals surface area contributed by atoms with E-state index in [1.165, 1.54) is 26.4 Å². The van der Waals surface area contributed by atoms with Gasteiger partial charge in [-0.2, -0.15) is 0 Å². The Bertz CT molecular complexity index is 694. The molecule has 2 rings (SSSR count). The van der Waals surface area contributed by atoms with E-state index in [2.05, 4.69) is 20.3 Å². The maximum Gasteiger partial charge on any atom is 0.328 e. The van der Waals surface area contributed by atoms with Crippen molar-refractivity contribution in [3.63, 3.8) is 0 Å². The number of H-pyrrole nitrogens is 1. The van der Waals surface area contributed by atoms with Gasteiger partial charge in [-0.3, -0.25) is 9.79 Å². The number of amides is 1. The molecule has 1 amide bonds. The molecule has 1 aromatic rings. The summed E-state index contributed by atoms with van der Waals surface area (Å²) < 4.78 is 4.76. The lowest BCUT2D eigenvalue weighted by Crippen LogP contribution is -2.49. The fourth-order valence-electron chi connectivity index (χ4n) is 3.57. The second kappa shape index (κ2) is 11.4. The lowest BCUT2D eigenvalue weighted by atomic mass is 9.89. The summed E-state index contributed by atoms with van der Waals surface area (Å²) >= 11 is 0. The zero-order chi connectivity index (χ0) is 21.2. The fourth-order valence-corrected chi connectivity index (χ4v) is 3.57. The first-order valence-corrected chi connectivity index (χ1v) is 10.1. The van der Waals surface area contributed by atoms with Crippen LogP contribution < -0.4 is 22.5 Å². The van der Waals surface area contributed by atoms with Crippen LogP contribution in [0.3, 0.4) is 0 Å². The number of nitrogens with one attached hydrogen (secondary N) is 2. The number of rotatable bonds is 10. The van der Waals surface area contributed by atoms with Gasteiger partial charge in [-0.05, 0) is 25.7 Å². The molecule has 1 aliphatic rings. The first-order valence-electron chi connectivity index (χ1n) is 10.1. The Morgan fingerprint density at radius 3 is 2.72 bits per heavy atom. The van der Waals surface area contributed by atoms with Crippen molar-refractivity contribution in [2.24, 2.45) is 22.2 Å². The van der Waals surface area contributed by atoms with Gasteiger partial charge in [-0.25, -0.2) is 9.78 Å². The molecule has 8 N–H and O–H groups in total. The average Bonchev–Trinajstić information content (AvgIpc) is 3.18. The molecule has 0 aliphatic heterocycles. The number of aliphatic imine (C=N–C) groups is 1. The second-order valence-corrected chi connectivity index (χ2v) is 7.47. The second-order valence-electron chi connectivity index (χ2n) is 7.47. The molecule has 1 heterocycles. The first-order chi connectivity index (χ1) is 13.9. The van der Waals surface area contributed by atoms with Gasteiger partial charge in [0.05, 0.1) is 13.2 Å². The summed E-state index contributed by atoms with van der Waals surface area (Å²) in [7, 11) is 1.27. The van der Waals surface area contributed by atoms with Crippen molar-refractivity contribution in [1.82, 2.24) is 15.3 Å². The molecular formula is C19H33N7O3. The summed E-state index contributed by atoms with van der Waals surface area (Å²) in [6, 6.07) is -1.60. The molecular weight excluding hydrogens is 374 g/mol. The molecule has 0 spiro atoms. The molecule has 29 heavy (non-hydrogen) atoms. The highest BCUT2D eigenvalue weighted by Gasteiger charge is 2.25. The number of esters is 1. The molecule has 0 aromatic carbocycles. The minimum atomic E-state index is -0.806. The highest BCUT2D eigenvalue weighted by Crippen LogP contribution is 2.30. The third-order valence-corrected chi connectivity index (χ3v) is 5.16. The number of ether oxygens (including phenoxy) is 1. The fraction of sp³-hybridized carbons (Fsp3) is 0.684. The molecule has 1 aromatic heterocycles. The van der Waals surface area contributed by atoms with Crippen molar-refractivity contribution < 1.29 is 14.3 Å². The molecule has 2 atom stereocenters.